The molecule has 0 aliphatic rings. The van der Waals surface area contributed by atoms with E-state index >= 15 is 0 Å². The van der Waals surface area contributed by atoms with Crippen LogP contribution in [-0.4, -0.2) is 18.5 Å². The van der Waals surface area contributed by atoms with Crippen molar-refractivity contribution in [3.8, 4) is 11.1 Å². The molecule has 0 amide bonds. The van der Waals surface area contributed by atoms with E-state index in [1.807, 2.05) is 0 Å². The molecule has 0 saturated heterocycles. The molecule has 1 atom stereocenters. The molecule has 30 heavy (non-hydrogen) atoms. The molecule has 2 heterocycles. The third kappa shape index (κ3) is 4.10. The third-order valence-electron chi connectivity index (χ3n) is 4.37. The summed E-state index contributed by atoms with van der Waals surface area (Å²) in [5.41, 5.74) is 1.57. The number of sulfonamides is 1. The summed E-state index contributed by atoms with van der Waals surface area (Å²) >= 11 is 7.18. The Morgan fingerprint density at radius 3 is 2.63 bits per heavy atom. The van der Waals surface area contributed by atoms with Crippen molar-refractivity contribution in [2.75, 3.05) is 4.72 Å². The summed E-state index contributed by atoms with van der Waals surface area (Å²) in [6, 6.07) is 9.83. The van der Waals surface area contributed by atoms with Crippen molar-refractivity contribution < 1.29 is 22.3 Å². The van der Waals surface area contributed by atoms with Crippen LogP contribution in [0.3, 0.4) is 0 Å². The van der Waals surface area contributed by atoms with E-state index in [-0.39, 0.29) is 15.6 Å². The summed E-state index contributed by atoms with van der Waals surface area (Å²) in [6.45, 7) is 0. The van der Waals surface area contributed by atoms with Gasteiger partial charge in [0.1, 0.15) is 11.9 Å². The van der Waals surface area contributed by atoms with Gasteiger partial charge in [-0.15, -0.1) is 11.3 Å². The average Bonchev–Trinajstić information content (AvgIpc) is 3.41. The first-order chi connectivity index (χ1) is 14.3. The molecular formula is C20H14ClFN2O4S2. The van der Waals surface area contributed by atoms with Gasteiger partial charge in [-0.05, 0) is 41.5 Å². The van der Waals surface area contributed by atoms with Crippen molar-refractivity contribution in [3.05, 3.63) is 88.5 Å². The molecule has 4 rings (SSSR count). The number of thiazole rings is 1. The second kappa shape index (κ2) is 8.19. The standard InChI is InChI=1S/C20H14ClFN2O4S2/c21-13-1-3-15(17(9-13)12-5-7-28-11-12)19(25)16-4-2-14(10-18(16)22)30(26,27)24-20-23-6-8-29-20/h1-11,19,25H,(H,23,24). The van der Waals surface area contributed by atoms with Gasteiger partial charge in [0.25, 0.3) is 10.0 Å². The molecule has 2 aromatic heterocycles. The van der Waals surface area contributed by atoms with Gasteiger partial charge in [0.2, 0.25) is 0 Å². The van der Waals surface area contributed by atoms with Crippen LogP contribution in [0.2, 0.25) is 5.02 Å². The van der Waals surface area contributed by atoms with E-state index in [4.69, 9.17) is 16.0 Å². The predicted octanol–water partition coefficient (Wildman–Crippen LogP) is 5.08. The molecule has 4 aromatic rings. The Balaban J connectivity index is 1.69. The summed E-state index contributed by atoms with van der Waals surface area (Å²) in [5, 5.41) is 13.1. The van der Waals surface area contributed by atoms with Crippen LogP contribution in [0.15, 0.2) is 75.9 Å². The van der Waals surface area contributed by atoms with E-state index in [1.165, 1.54) is 30.9 Å². The summed E-state index contributed by atoms with van der Waals surface area (Å²) in [4.78, 5) is 3.57. The number of hydrogen-bond acceptors (Lipinski definition) is 6. The molecule has 0 fully saturated rings. The highest BCUT2D eigenvalue weighted by Crippen LogP contribution is 2.35. The maximum Gasteiger partial charge on any atom is 0.263 e. The van der Waals surface area contributed by atoms with Crippen molar-refractivity contribution in [2.24, 2.45) is 0 Å². The van der Waals surface area contributed by atoms with Crippen molar-refractivity contribution in [2.45, 2.75) is 11.0 Å². The van der Waals surface area contributed by atoms with E-state index in [0.717, 1.165) is 17.4 Å². The molecule has 6 nitrogen and oxygen atoms in total. The second-order valence-corrected chi connectivity index (χ2v) is 9.29. The molecule has 2 N–H and O–H groups in total. The van der Waals surface area contributed by atoms with Crippen molar-refractivity contribution in [1.82, 2.24) is 4.98 Å². The number of aliphatic hydroxyl groups is 1. The number of rotatable bonds is 6. The summed E-state index contributed by atoms with van der Waals surface area (Å²) in [7, 11) is -4.02. The van der Waals surface area contributed by atoms with Gasteiger partial charge in [-0.25, -0.2) is 17.8 Å². The molecule has 0 spiro atoms. The zero-order chi connectivity index (χ0) is 21.3. The smallest absolute Gasteiger partial charge is 0.263 e. The number of aromatic nitrogens is 1. The molecule has 0 radical (unpaired) electrons. The normalized spacial score (nSPS) is 12.6. The Kier molecular flexibility index (Phi) is 5.61. The first-order valence-corrected chi connectivity index (χ1v) is 11.3. The molecule has 1 unspecified atom stereocenters. The number of anilines is 1. The van der Waals surface area contributed by atoms with Crippen LogP contribution < -0.4 is 4.72 Å². The lowest BCUT2D eigenvalue weighted by Crippen LogP contribution is -2.14. The lowest BCUT2D eigenvalue weighted by Gasteiger charge is -2.17. The third-order valence-corrected chi connectivity index (χ3v) is 6.76. The van der Waals surface area contributed by atoms with Gasteiger partial charge in [-0.2, -0.15) is 0 Å². The van der Waals surface area contributed by atoms with Crippen LogP contribution in [0, 0.1) is 5.82 Å². The topological polar surface area (TPSA) is 92.4 Å². The zero-order valence-electron chi connectivity index (χ0n) is 15.1. The number of aliphatic hydroxyl groups excluding tert-OH is 1. The Bertz CT molecular complexity index is 1280. The fraction of sp³-hybridized carbons (Fsp3) is 0.0500. The van der Waals surface area contributed by atoms with E-state index in [9.17, 15) is 17.9 Å². The van der Waals surface area contributed by atoms with Gasteiger partial charge in [0.05, 0.1) is 17.4 Å². The summed E-state index contributed by atoms with van der Waals surface area (Å²) in [5.74, 6) is -0.863. The number of nitrogens with one attached hydrogen (secondary N) is 1. The minimum Gasteiger partial charge on any atom is -0.472 e. The number of nitrogens with zero attached hydrogens (tertiary/aromatic N) is 1. The van der Waals surface area contributed by atoms with Crippen LogP contribution in [0.25, 0.3) is 11.1 Å². The SMILES string of the molecule is O=S(=O)(Nc1nccs1)c1ccc(C(O)c2ccc(Cl)cc2-c2ccoc2)c(F)c1. The first kappa shape index (κ1) is 20.5. The Labute approximate surface area is 180 Å². The second-order valence-electron chi connectivity index (χ2n) is 6.27. The highest BCUT2D eigenvalue weighted by atomic mass is 35.5. The highest BCUT2D eigenvalue weighted by molar-refractivity contribution is 7.93. The first-order valence-electron chi connectivity index (χ1n) is 8.57. The maximum absolute atomic E-state index is 14.8. The number of hydrogen-bond donors (Lipinski definition) is 2. The molecule has 2 aromatic carbocycles. The van der Waals surface area contributed by atoms with Crippen LogP contribution in [0.4, 0.5) is 9.52 Å². The Morgan fingerprint density at radius 1 is 1.17 bits per heavy atom. The van der Waals surface area contributed by atoms with Crippen molar-refractivity contribution in [3.63, 3.8) is 0 Å². The zero-order valence-corrected chi connectivity index (χ0v) is 17.5. The molecule has 0 aliphatic carbocycles. The van der Waals surface area contributed by atoms with Gasteiger partial charge < -0.3 is 9.52 Å². The molecule has 154 valence electrons. The van der Waals surface area contributed by atoms with E-state index in [0.29, 0.717) is 21.7 Å². The molecule has 10 heteroatoms. The minimum absolute atomic E-state index is 0.0738. The van der Waals surface area contributed by atoms with Crippen LogP contribution in [0.5, 0.6) is 0 Å². The lowest BCUT2D eigenvalue weighted by atomic mass is 9.94. The minimum atomic E-state index is -4.02. The van der Waals surface area contributed by atoms with Gasteiger partial charge in [0, 0.05) is 27.7 Å². The highest BCUT2D eigenvalue weighted by Gasteiger charge is 2.23. The van der Waals surface area contributed by atoms with Gasteiger partial charge in [0.15, 0.2) is 5.13 Å². The van der Waals surface area contributed by atoms with Crippen molar-refractivity contribution in [1.29, 1.82) is 0 Å². The Hall–Kier alpha value is -2.72. The predicted molar refractivity (Wildman–Crippen MR) is 113 cm³/mol. The lowest BCUT2D eigenvalue weighted by molar-refractivity contribution is 0.215. The van der Waals surface area contributed by atoms with E-state index < -0.39 is 21.9 Å². The number of furan rings is 1. The quantitative estimate of drug-likeness (QED) is 0.415. The fourth-order valence-corrected chi connectivity index (χ4v) is 4.92. The number of halogens is 2. The monoisotopic (exact) mass is 464 g/mol. The Morgan fingerprint density at radius 2 is 1.97 bits per heavy atom. The summed E-state index contributed by atoms with van der Waals surface area (Å²) in [6.07, 6.45) is 3.06. The molecule has 0 aliphatic heterocycles. The molecule has 0 bridgehead atoms. The van der Waals surface area contributed by atoms with Crippen LogP contribution >= 0.6 is 22.9 Å². The van der Waals surface area contributed by atoms with Gasteiger partial charge in [-0.3, -0.25) is 4.72 Å². The fourth-order valence-electron chi connectivity index (χ4n) is 2.95. The average molecular weight is 465 g/mol. The van der Waals surface area contributed by atoms with Crippen molar-refractivity contribution >= 4 is 38.1 Å². The van der Waals surface area contributed by atoms with Crippen LogP contribution in [0.1, 0.15) is 17.2 Å². The maximum atomic E-state index is 14.8. The summed E-state index contributed by atoms with van der Waals surface area (Å²) < 4.78 is 47.1. The van der Waals surface area contributed by atoms with E-state index in [1.54, 1.807) is 29.6 Å². The molecular weight excluding hydrogens is 451 g/mol. The van der Waals surface area contributed by atoms with E-state index in [2.05, 4.69) is 9.71 Å². The van der Waals surface area contributed by atoms with Gasteiger partial charge in [-0.1, -0.05) is 23.7 Å². The van der Waals surface area contributed by atoms with Crippen LogP contribution in [-0.2, 0) is 10.0 Å². The number of benzene rings is 2. The van der Waals surface area contributed by atoms with Gasteiger partial charge >= 0.3 is 0 Å². The molecule has 0 saturated carbocycles. The largest absolute Gasteiger partial charge is 0.472 e.